The zero-order valence-electron chi connectivity index (χ0n) is 18.4. The Morgan fingerprint density at radius 3 is 2.26 bits per heavy atom. The van der Waals surface area contributed by atoms with Gasteiger partial charge in [0.15, 0.2) is 11.5 Å². The van der Waals surface area contributed by atoms with Crippen LogP contribution in [0.2, 0.25) is 0 Å². The van der Waals surface area contributed by atoms with E-state index in [2.05, 4.69) is 5.32 Å². The second kappa shape index (κ2) is 15.3. The van der Waals surface area contributed by atoms with Crippen molar-refractivity contribution in [2.24, 2.45) is 0 Å². The second-order valence-corrected chi connectivity index (χ2v) is 7.44. The summed E-state index contributed by atoms with van der Waals surface area (Å²) in [7, 11) is 1.63. The lowest BCUT2D eigenvalue weighted by atomic mass is 9.96. The lowest BCUT2D eigenvalue weighted by molar-refractivity contribution is -0.159. The molecule has 0 bridgehead atoms. The van der Waals surface area contributed by atoms with E-state index in [1.54, 1.807) is 7.11 Å². The monoisotopic (exact) mass is 437 g/mol. The summed E-state index contributed by atoms with van der Waals surface area (Å²) in [5.74, 6) is -2.29. The van der Waals surface area contributed by atoms with Gasteiger partial charge in [-0.05, 0) is 37.5 Å². The van der Waals surface area contributed by atoms with Gasteiger partial charge in [-0.2, -0.15) is 0 Å². The summed E-state index contributed by atoms with van der Waals surface area (Å²) in [5, 5.41) is 28.5. The number of carboxylic acid groups (broad SMARTS) is 2. The first kappa shape index (κ1) is 26.5. The Morgan fingerprint density at radius 1 is 1.10 bits per heavy atom. The average molecular weight is 438 g/mol. The zero-order chi connectivity index (χ0) is 23.1. The largest absolute Gasteiger partial charge is 0.493 e. The molecule has 0 saturated heterocycles. The molecule has 0 heterocycles. The first-order valence-electron chi connectivity index (χ1n) is 10.7. The Balaban J connectivity index is 0.000000703. The maximum Gasteiger partial charge on any atom is 0.414 e. The van der Waals surface area contributed by atoms with E-state index in [1.807, 2.05) is 37.3 Å². The lowest BCUT2D eigenvalue weighted by Gasteiger charge is -2.23. The van der Waals surface area contributed by atoms with E-state index in [9.17, 15) is 5.11 Å². The fraction of sp³-hybridized carbons (Fsp3) is 0.565. The number of ether oxygens (including phenoxy) is 2. The number of rotatable bonds is 8. The molecule has 174 valence electrons. The van der Waals surface area contributed by atoms with Crippen LogP contribution in [-0.2, 0) is 9.59 Å². The molecule has 1 fully saturated rings. The van der Waals surface area contributed by atoms with Crippen molar-refractivity contribution in [1.29, 1.82) is 0 Å². The molecule has 0 spiro atoms. The second-order valence-electron chi connectivity index (χ2n) is 7.44. The van der Waals surface area contributed by atoms with Crippen LogP contribution in [0, 0.1) is 0 Å². The Hall–Kier alpha value is -2.58. The maximum atomic E-state index is 10.2. The van der Waals surface area contributed by atoms with Crippen molar-refractivity contribution in [2.45, 2.75) is 64.0 Å². The van der Waals surface area contributed by atoms with Crippen LogP contribution in [-0.4, -0.2) is 59.7 Å². The standard InChI is InChI=1S/C21H33NO3.C2H2O4/c1-3-9-17-12-13-20(21(14-17)24-2)25-16-19(23)15-22-18-10-7-5-4-6-8-11-18;3-1(4)2(5)6/h3,9,12-14,18-19,22-23H,4-8,10-11,15-16H2,1-2H3;(H,3,4)(H,5,6). The number of carboxylic acids is 2. The summed E-state index contributed by atoms with van der Waals surface area (Å²) in [6, 6.07) is 6.35. The number of benzene rings is 1. The minimum atomic E-state index is -1.82. The molecule has 1 saturated carbocycles. The molecule has 0 aliphatic heterocycles. The van der Waals surface area contributed by atoms with Gasteiger partial charge in [0, 0.05) is 12.6 Å². The number of hydrogen-bond donors (Lipinski definition) is 4. The lowest BCUT2D eigenvalue weighted by Crippen LogP contribution is -2.38. The highest BCUT2D eigenvalue weighted by molar-refractivity contribution is 6.27. The van der Waals surface area contributed by atoms with Gasteiger partial charge in [0.25, 0.3) is 0 Å². The molecule has 4 N–H and O–H groups in total. The van der Waals surface area contributed by atoms with Crippen molar-refractivity contribution >= 4 is 18.0 Å². The van der Waals surface area contributed by atoms with Gasteiger partial charge < -0.3 is 30.1 Å². The van der Waals surface area contributed by atoms with E-state index in [1.165, 1.54) is 44.9 Å². The highest BCUT2D eigenvalue weighted by atomic mass is 16.5. The summed E-state index contributed by atoms with van der Waals surface area (Å²) < 4.78 is 11.2. The molecule has 8 heteroatoms. The zero-order valence-corrected chi connectivity index (χ0v) is 18.4. The molecule has 1 atom stereocenters. The number of carbonyl (C=O) groups is 2. The van der Waals surface area contributed by atoms with Gasteiger partial charge in [0.05, 0.1) is 7.11 Å². The van der Waals surface area contributed by atoms with Crippen molar-refractivity contribution in [1.82, 2.24) is 5.32 Å². The van der Waals surface area contributed by atoms with Crippen LogP contribution < -0.4 is 14.8 Å². The number of aliphatic hydroxyl groups is 1. The number of methoxy groups -OCH3 is 1. The molecule has 0 amide bonds. The van der Waals surface area contributed by atoms with Crippen LogP contribution >= 0.6 is 0 Å². The Labute approximate surface area is 183 Å². The SMILES string of the molecule is CC=Cc1ccc(OCC(O)CNC2CCCCCCC2)c(OC)c1.O=C(O)C(=O)O. The topological polar surface area (TPSA) is 125 Å². The maximum absolute atomic E-state index is 10.2. The van der Waals surface area contributed by atoms with E-state index in [4.69, 9.17) is 29.3 Å². The Bertz CT molecular complexity index is 685. The normalized spacial score (nSPS) is 15.8. The number of allylic oxidation sites excluding steroid dienone is 1. The molecular formula is C23H35NO7. The molecule has 1 aliphatic carbocycles. The van der Waals surface area contributed by atoms with Gasteiger partial charge in [0.2, 0.25) is 0 Å². The van der Waals surface area contributed by atoms with Gasteiger partial charge in [-0.3, -0.25) is 0 Å². The smallest absolute Gasteiger partial charge is 0.414 e. The first-order chi connectivity index (χ1) is 14.9. The minimum Gasteiger partial charge on any atom is -0.493 e. The van der Waals surface area contributed by atoms with Crippen LogP contribution in [0.5, 0.6) is 11.5 Å². The summed E-state index contributed by atoms with van der Waals surface area (Å²) >= 11 is 0. The number of aliphatic carboxylic acids is 2. The van der Waals surface area contributed by atoms with E-state index in [-0.39, 0.29) is 6.61 Å². The highest BCUT2D eigenvalue weighted by Gasteiger charge is 2.14. The molecule has 1 unspecified atom stereocenters. The predicted octanol–water partition coefficient (Wildman–Crippen LogP) is 3.33. The van der Waals surface area contributed by atoms with Crippen molar-refractivity contribution < 1.29 is 34.4 Å². The van der Waals surface area contributed by atoms with E-state index in [0.717, 1.165) is 5.56 Å². The van der Waals surface area contributed by atoms with Gasteiger partial charge in [-0.25, -0.2) is 9.59 Å². The van der Waals surface area contributed by atoms with Crippen LogP contribution in [0.4, 0.5) is 0 Å². The first-order valence-corrected chi connectivity index (χ1v) is 10.7. The molecule has 0 aromatic heterocycles. The van der Waals surface area contributed by atoms with Crippen LogP contribution in [0.15, 0.2) is 24.3 Å². The minimum absolute atomic E-state index is 0.263. The van der Waals surface area contributed by atoms with E-state index in [0.29, 0.717) is 24.1 Å². The van der Waals surface area contributed by atoms with Crippen LogP contribution in [0.3, 0.4) is 0 Å². The average Bonchev–Trinajstić information content (AvgIpc) is 2.72. The third kappa shape index (κ3) is 11.4. The van der Waals surface area contributed by atoms with E-state index < -0.39 is 18.0 Å². The third-order valence-electron chi connectivity index (χ3n) is 4.91. The number of nitrogens with one attached hydrogen (secondary N) is 1. The molecular weight excluding hydrogens is 402 g/mol. The summed E-state index contributed by atoms with van der Waals surface area (Å²) in [6.07, 6.45) is 12.5. The van der Waals surface area contributed by atoms with Crippen LogP contribution in [0.25, 0.3) is 6.08 Å². The number of hydrogen-bond acceptors (Lipinski definition) is 6. The third-order valence-corrected chi connectivity index (χ3v) is 4.91. The van der Waals surface area contributed by atoms with Gasteiger partial charge in [0.1, 0.15) is 12.7 Å². The summed E-state index contributed by atoms with van der Waals surface area (Å²) in [5.41, 5.74) is 1.07. The Morgan fingerprint density at radius 2 is 1.71 bits per heavy atom. The fourth-order valence-electron chi connectivity index (χ4n) is 3.31. The van der Waals surface area contributed by atoms with Gasteiger partial charge in [-0.1, -0.05) is 50.3 Å². The predicted molar refractivity (Wildman–Crippen MR) is 119 cm³/mol. The highest BCUT2D eigenvalue weighted by Crippen LogP contribution is 2.28. The quantitative estimate of drug-likeness (QED) is 0.457. The molecule has 2 rings (SSSR count). The van der Waals surface area contributed by atoms with Crippen molar-refractivity contribution in [2.75, 3.05) is 20.3 Å². The van der Waals surface area contributed by atoms with Gasteiger partial charge >= 0.3 is 11.9 Å². The molecule has 1 aromatic carbocycles. The van der Waals surface area contributed by atoms with Crippen molar-refractivity contribution in [3.63, 3.8) is 0 Å². The molecule has 31 heavy (non-hydrogen) atoms. The summed E-state index contributed by atoms with van der Waals surface area (Å²) in [4.78, 5) is 18.2. The van der Waals surface area contributed by atoms with Crippen molar-refractivity contribution in [3.05, 3.63) is 29.8 Å². The molecule has 1 aliphatic rings. The number of aliphatic hydroxyl groups excluding tert-OH is 1. The van der Waals surface area contributed by atoms with Gasteiger partial charge in [-0.15, -0.1) is 0 Å². The molecule has 8 nitrogen and oxygen atoms in total. The van der Waals surface area contributed by atoms with Crippen LogP contribution in [0.1, 0.15) is 57.4 Å². The van der Waals surface area contributed by atoms with Crippen molar-refractivity contribution in [3.8, 4) is 11.5 Å². The molecule has 0 radical (unpaired) electrons. The van der Waals surface area contributed by atoms with E-state index >= 15 is 0 Å². The Kier molecular flexibility index (Phi) is 13.0. The molecule has 1 aromatic rings. The summed E-state index contributed by atoms with van der Waals surface area (Å²) in [6.45, 7) is 2.82. The fourth-order valence-corrected chi connectivity index (χ4v) is 3.31.